The monoisotopic (exact) mass is 465 g/mol. The fraction of sp³-hybridized carbons (Fsp3) is 0.125. The van der Waals surface area contributed by atoms with Crippen molar-refractivity contribution in [3.63, 3.8) is 0 Å². The normalized spacial score (nSPS) is 10.9. The van der Waals surface area contributed by atoms with Crippen LogP contribution in [0.2, 0.25) is 0 Å². The number of nitrogens with one attached hydrogen (secondary N) is 1. The highest BCUT2D eigenvalue weighted by molar-refractivity contribution is 7.92. The number of aldehydes is 1. The maximum atomic E-state index is 13.4. The highest BCUT2D eigenvalue weighted by Crippen LogP contribution is 2.25. The Hall–Kier alpha value is -3.98. The molecule has 0 spiro atoms. The first-order valence-corrected chi connectivity index (χ1v) is 11.4. The number of amides is 2. The number of anilines is 1. The third kappa shape index (κ3) is 5.83. The smallest absolute Gasteiger partial charge is 0.264 e. The summed E-state index contributed by atoms with van der Waals surface area (Å²) in [7, 11) is -4.13. The third-order valence-corrected chi connectivity index (χ3v) is 6.68. The number of sulfonamides is 1. The molecule has 0 unspecified atom stereocenters. The maximum Gasteiger partial charge on any atom is 0.264 e. The fourth-order valence-electron chi connectivity index (χ4n) is 3.13. The van der Waals surface area contributed by atoms with Crippen molar-refractivity contribution in [2.45, 2.75) is 18.4 Å². The van der Waals surface area contributed by atoms with Crippen LogP contribution >= 0.6 is 0 Å². The Morgan fingerprint density at radius 1 is 1.00 bits per heavy atom. The van der Waals surface area contributed by atoms with Crippen LogP contribution in [0, 0.1) is 6.92 Å². The zero-order valence-electron chi connectivity index (χ0n) is 17.9. The number of aryl methyl sites for hydroxylation is 1. The Balaban J connectivity index is 1.90. The van der Waals surface area contributed by atoms with Crippen LogP contribution in [0.1, 0.15) is 31.8 Å². The van der Waals surface area contributed by atoms with Gasteiger partial charge in [0.15, 0.2) is 0 Å². The highest BCUT2D eigenvalue weighted by atomic mass is 32.2. The summed E-state index contributed by atoms with van der Waals surface area (Å²) in [5.41, 5.74) is 7.63. The van der Waals surface area contributed by atoms with Crippen molar-refractivity contribution in [1.29, 1.82) is 0 Å². The molecule has 0 aliphatic rings. The first-order valence-electron chi connectivity index (χ1n) is 10.0. The number of hydrogen-bond donors (Lipinski definition) is 2. The number of benzene rings is 3. The van der Waals surface area contributed by atoms with Crippen molar-refractivity contribution in [2.75, 3.05) is 10.8 Å². The molecule has 0 atom stereocenters. The molecule has 0 radical (unpaired) electrons. The van der Waals surface area contributed by atoms with Gasteiger partial charge in [0.1, 0.15) is 12.8 Å². The molecule has 8 nitrogen and oxygen atoms in total. The first-order chi connectivity index (χ1) is 15.7. The minimum atomic E-state index is -4.13. The zero-order valence-corrected chi connectivity index (χ0v) is 18.7. The SMILES string of the molecule is Cc1ccc(S(=O)(=O)N(CC(=O)NCc2cccc(C=O)c2)c2cccc(C(N)=O)c2)cc1. The molecular weight excluding hydrogens is 442 g/mol. The van der Waals surface area contributed by atoms with E-state index in [1.807, 2.05) is 6.92 Å². The maximum absolute atomic E-state index is 13.4. The molecule has 3 aromatic carbocycles. The molecular formula is C24H23N3O5S. The van der Waals surface area contributed by atoms with E-state index in [0.29, 0.717) is 17.4 Å². The van der Waals surface area contributed by atoms with Crippen LogP contribution in [-0.2, 0) is 21.4 Å². The fourth-order valence-corrected chi connectivity index (χ4v) is 4.54. The van der Waals surface area contributed by atoms with Gasteiger partial charge in [-0.3, -0.25) is 18.7 Å². The minimum Gasteiger partial charge on any atom is -0.366 e. The van der Waals surface area contributed by atoms with E-state index in [4.69, 9.17) is 5.73 Å². The average molecular weight is 466 g/mol. The van der Waals surface area contributed by atoms with Gasteiger partial charge in [0.2, 0.25) is 11.8 Å². The van der Waals surface area contributed by atoms with Crippen molar-refractivity contribution in [3.05, 3.63) is 95.1 Å². The summed E-state index contributed by atoms with van der Waals surface area (Å²) in [6.45, 7) is 1.42. The van der Waals surface area contributed by atoms with Gasteiger partial charge in [-0.15, -0.1) is 0 Å². The molecule has 2 amide bonds. The molecule has 170 valence electrons. The van der Waals surface area contributed by atoms with E-state index in [0.717, 1.165) is 9.87 Å². The Morgan fingerprint density at radius 3 is 2.36 bits per heavy atom. The van der Waals surface area contributed by atoms with Crippen LogP contribution in [0.5, 0.6) is 0 Å². The van der Waals surface area contributed by atoms with Crippen LogP contribution in [0.4, 0.5) is 5.69 Å². The number of carbonyl (C=O) groups excluding carboxylic acids is 3. The average Bonchev–Trinajstić information content (AvgIpc) is 2.81. The third-order valence-electron chi connectivity index (χ3n) is 4.89. The van der Waals surface area contributed by atoms with Crippen LogP contribution < -0.4 is 15.4 Å². The molecule has 0 aliphatic carbocycles. The molecule has 3 N–H and O–H groups in total. The highest BCUT2D eigenvalue weighted by Gasteiger charge is 2.27. The van der Waals surface area contributed by atoms with Gasteiger partial charge in [-0.05, 0) is 48.9 Å². The second-order valence-corrected chi connectivity index (χ2v) is 9.24. The van der Waals surface area contributed by atoms with Crippen molar-refractivity contribution < 1.29 is 22.8 Å². The molecule has 33 heavy (non-hydrogen) atoms. The summed E-state index contributed by atoms with van der Waals surface area (Å²) < 4.78 is 27.8. The molecule has 3 rings (SSSR count). The Labute approximate surface area is 192 Å². The molecule has 0 saturated carbocycles. The Morgan fingerprint density at radius 2 is 1.70 bits per heavy atom. The van der Waals surface area contributed by atoms with Crippen molar-refractivity contribution in [2.24, 2.45) is 5.73 Å². The predicted octanol–water partition coefficient (Wildman–Crippen LogP) is 2.42. The van der Waals surface area contributed by atoms with Gasteiger partial charge < -0.3 is 11.1 Å². The van der Waals surface area contributed by atoms with Crippen molar-refractivity contribution in [3.8, 4) is 0 Å². The predicted molar refractivity (Wildman–Crippen MR) is 124 cm³/mol. The molecule has 0 aliphatic heterocycles. The van der Waals surface area contributed by atoms with E-state index in [-0.39, 0.29) is 22.7 Å². The van der Waals surface area contributed by atoms with Crippen LogP contribution in [0.3, 0.4) is 0 Å². The van der Waals surface area contributed by atoms with Crippen molar-refractivity contribution >= 4 is 33.8 Å². The largest absolute Gasteiger partial charge is 0.366 e. The summed E-state index contributed by atoms with van der Waals surface area (Å²) in [5, 5.41) is 2.67. The van der Waals surface area contributed by atoms with Gasteiger partial charge in [0.25, 0.3) is 10.0 Å². The second-order valence-electron chi connectivity index (χ2n) is 7.38. The molecule has 0 bridgehead atoms. The van der Waals surface area contributed by atoms with Gasteiger partial charge in [-0.25, -0.2) is 8.42 Å². The summed E-state index contributed by atoms with van der Waals surface area (Å²) in [6, 6.07) is 18.7. The number of rotatable bonds is 9. The Bertz CT molecular complexity index is 1290. The van der Waals surface area contributed by atoms with Gasteiger partial charge in [0, 0.05) is 17.7 Å². The molecule has 0 fully saturated rings. The summed E-state index contributed by atoms with van der Waals surface area (Å²) in [4.78, 5) is 35.3. The van der Waals surface area contributed by atoms with Gasteiger partial charge in [0.05, 0.1) is 10.6 Å². The second kappa shape index (κ2) is 10.1. The van der Waals surface area contributed by atoms with Gasteiger partial charge in [-0.1, -0.05) is 42.0 Å². The topological polar surface area (TPSA) is 127 Å². The van der Waals surface area contributed by atoms with E-state index in [9.17, 15) is 22.8 Å². The van der Waals surface area contributed by atoms with Crippen LogP contribution in [0.25, 0.3) is 0 Å². The van der Waals surface area contributed by atoms with Gasteiger partial charge >= 0.3 is 0 Å². The van der Waals surface area contributed by atoms with Crippen LogP contribution in [0.15, 0.2) is 77.7 Å². The Kier molecular flexibility index (Phi) is 7.24. The van der Waals surface area contributed by atoms with E-state index in [2.05, 4.69) is 5.32 Å². The lowest BCUT2D eigenvalue weighted by Gasteiger charge is -2.24. The zero-order chi connectivity index (χ0) is 24.0. The standard InChI is InChI=1S/C24H23N3O5S/c1-17-8-10-22(11-9-17)33(31,32)27(21-7-3-6-20(13-21)24(25)30)15-23(29)26-14-18-4-2-5-19(12-18)16-28/h2-13,16H,14-15H2,1H3,(H2,25,30)(H,26,29). The van der Waals surface area contributed by atoms with Crippen LogP contribution in [-0.4, -0.2) is 33.1 Å². The molecule has 0 heterocycles. The summed E-state index contributed by atoms with van der Waals surface area (Å²) in [5.74, 6) is -1.28. The van der Waals surface area contributed by atoms with E-state index >= 15 is 0 Å². The molecule has 0 saturated heterocycles. The summed E-state index contributed by atoms with van der Waals surface area (Å²) in [6.07, 6.45) is 0.701. The van der Waals surface area contributed by atoms with Crippen molar-refractivity contribution in [1.82, 2.24) is 5.32 Å². The lowest BCUT2D eigenvalue weighted by Crippen LogP contribution is -2.40. The number of primary amides is 1. The minimum absolute atomic E-state index is 0.00376. The van der Waals surface area contributed by atoms with E-state index in [1.54, 1.807) is 36.4 Å². The van der Waals surface area contributed by atoms with Gasteiger partial charge in [-0.2, -0.15) is 0 Å². The number of carbonyl (C=O) groups is 3. The molecule has 3 aromatic rings. The number of nitrogens with two attached hydrogens (primary N) is 1. The number of hydrogen-bond acceptors (Lipinski definition) is 5. The van der Waals surface area contributed by atoms with E-state index < -0.39 is 28.4 Å². The lowest BCUT2D eigenvalue weighted by atomic mass is 10.1. The molecule has 9 heteroatoms. The number of nitrogens with zero attached hydrogens (tertiary/aromatic N) is 1. The molecule has 0 aromatic heterocycles. The summed E-state index contributed by atoms with van der Waals surface area (Å²) >= 11 is 0. The lowest BCUT2D eigenvalue weighted by molar-refractivity contribution is -0.119. The first kappa shape index (κ1) is 23.7. The quantitative estimate of drug-likeness (QED) is 0.469. The van der Waals surface area contributed by atoms with E-state index in [1.165, 1.54) is 36.4 Å².